The molecule has 0 saturated carbocycles. The molecular weight excluding hydrogens is 218 g/mol. The van der Waals surface area contributed by atoms with Crippen molar-refractivity contribution < 1.29 is 9.21 Å². The number of piperidine rings is 1. The largest absolute Gasteiger partial charge is 0.468 e. The van der Waals surface area contributed by atoms with Gasteiger partial charge in [-0.05, 0) is 31.5 Å². The molecule has 94 valence electrons. The molecular formula is C12H19N3O2. The molecule has 1 aromatic rings. The minimum Gasteiger partial charge on any atom is -0.468 e. The van der Waals surface area contributed by atoms with Gasteiger partial charge in [0.05, 0.1) is 18.3 Å². The number of rotatable bonds is 4. The molecule has 1 aliphatic heterocycles. The summed E-state index contributed by atoms with van der Waals surface area (Å²) in [6.07, 6.45) is 4.55. The average molecular weight is 237 g/mol. The summed E-state index contributed by atoms with van der Waals surface area (Å²) < 4.78 is 5.39. The SMILES string of the molecule is NCC(c1ccco1)N1CCCCC1C(N)=O. The highest BCUT2D eigenvalue weighted by Crippen LogP contribution is 2.28. The molecule has 5 nitrogen and oxygen atoms in total. The van der Waals surface area contributed by atoms with Crippen LogP contribution in [0.3, 0.4) is 0 Å². The smallest absolute Gasteiger partial charge is 0.234 e. The minimum absolute atomic E-state index is 0.0530. The topological polar surface area (TPSA) is 85.5 Å². The number of likely N-dealkylation sites (tertiary alicyclic amines) is 1. The molecule has 1 fully saturated rings. The molecule has 1 aromatic heterocycles. The van der Waals surface area contributed by atoms with Crippen molar-refractivity contribution in [3.8, 4) is 0 Å². The Bertz CT molecular complexity index is 364. The van der Waals surface area contributed by atoms with Gasteiger partial charge in [-0.15, -0.1) is 0 Å². The van der Waals surface area contributed by atoms with Gasteiger partial charge in [0.2, 0.25) is 5.91 Å². The number of nitrogens with two attached hydrogens (primary N) is 2. The number of hydrogen-bond acceptors (Lipinski definition) is 4. The van der Waals surface area contributed by atoms with E-state index in [4.69, 9.17) is 15.9 Å². The summed E-state index contributed by atoms with van der Waals surface area (Å²) in [7, 11) is 0. The van der Waals surface area contributed by atoms with Gasteiger partial charge in [0.1, 0.15) is 5.76 Å². The van der Waals surface area contributed by atoms with Crippen LogP contribution < -0.4 is 11.5 Å². The second kappa shape index (κ2) is 5.33. The fourth-order valence-corrected chi connectivity index (χ4v) is 2.53. The summed E-state index contributed by atoms with van der Waals surface area (Å²) >= 11 is 0. The van der Waals surface area contributed by atoms with Crippen molar-refractivity contribution in [2.45, 2.75) is 31.3 Å². The van der Waals surface area contributed by atoms with Crippen molar-refractivity contribution in [1.29, 1.82) is 0 Å². The lowest BCUT2D eigenvalue weighted by Gasteiger charge is -2.38. The fraction of sp³-hybridized carbons (Fsp3) is 0.583. The third kappa shape index (κ3) is 2.50. The molecule has 0 spiro atoms. The Kier molecular flexibility index (Phi) is 3.81. The van der Waals surface area contributed by atoms with Gasteiger partial charge in [0.25, 0.3) is 0 Å². The lowest BCUT2D eigenvalue weighted by Crippen LogP contribution is -2.50. The molecule has 2 heterocycles. The lowest BCUT2D eigenvalue weighted by molar-refractivity contribution is -0.125. The molecule has 5 heteroatoms. The van der Waals surface area contributed by atoms with E-state index in [-0.39, 0.29) is 18.0 Å². The monoisotopic (exact) mass is 237 g/mol. The van der Waals surface area contributed by atoms with Crippen LogP contribution in [0.4, 0.5) is 0 Å². The maximum Gasteiger partial charge on any atom is 0.234 e. The number of furan rings is 1. The van der Waals surface area contributed by atoms with Gasteiger partial charge >= 0.3 is 0 Å². The summed E-state index contributed by atoms with van der Waals surface area (Å²) in [5.74, 6) is 0.537. The molecule has 0 aromatic carbocycles. The van der Waals surface area contributed by atoms with Crippen LogP contribution in [0, 0.1) is 0 Å². The van der Waals surface area contributed by atoms with Gasteiger partial charge in [-0.25, -0.2) is 0 Å². The summed E-state index contributed by atoms with van der Waals surface area (Å²) in [4.78, 5) is 13.5. The number of nitrogens with zero attached hydrogens (tertiary/aromatic N) is 1. The quantitative estimate of drug-likeness (QED) is 0.803. The zero-order valence-corrected chi connectivity index (χ0v) is 9.84. The molecule has 2 unspecified atom stereocenters. The normalized spacial score (nSPS) is 23.5. The average Bonchev–Trinajstić information content (AvgIpc) is 2.84. The molecule has 1 saturated heterocycles. The van der Waals surface area contributed by atoms with Crippen LogP contribution >= 0.6 is 0 Å². The van der Waals surface area contributed by atoms with Crippen molar-refractivity contribution in [3.05, 3.63) is 24.2 Å². The van der Waals surface area contributed by atoms with E-state index in [0.717, 1.165) is 31.6 Å². The summed E-state index contributed by atoms with van der Waals surface area (Å²) in [6, 6.07) is 3.45. The first-order chi connectivity index (χ1) is 8.24. The highest BCUT2D eigenvalue weighted by molar-refractivity contribution is 5.80. The molecule has 1 amide bonds. The Balaban J connectivity index is 2.19. The van der Waals surface area contributed by atoms with Gasteiger partial charge in [-0.2, -0.15) is 0 Å². The highest BCUT2D eigenvalue weighted by atomic mass is 16.3. The molecule has 0 bridgehead atoms. The van der Waals surface area contributed by atoms with Crippen molar-refractivity contribution in [3.63, 3.8) is 0 Å². The molecule has 0 aliphatic carbocycles. The van der Waals surface area contributed by atoms with Crippen molar-refractivity contribution >= 4 is 5.91 Å². The molecule has 17 heavy (non-hydrogen) atoms. The van der Waals surface area contributed by atoms with Gasteiger partial charge in [0.15, 0.2) is 0 Å². The molecule has 4 N–H and O–H groups in total. The molecule has 0 radical (unpaired) electrons. The number of hydrogen-bond donors (Lipinski definition) is 2. The molecule has 1 aliphatic rings. The van der Waals surface area contributed by atoms with Gasteiger partial charge in [-0.1, -0.05) is 6.42 Å². The van der Waals surface area contributed by atoms with Gasteiger partial charge in [-0.3, -0.25) is 9.69 Å². The lowest BCUT2D eigenvalue weighted by atomic mass is 9.98. The molecule has 2 atom stereocenters. The second-order valence-electron chi connectivity index (χ2n) is 4.42. The summed E-state index contributed by atoms with van der Waals surface area (Å²) in [5, 5.41) is 0. The van der Waals surface area contributed by atoms with Crippen molar-refractivity contribution in [2.24, 2.45) is 11.5 Å². The fourth-order valence-electron chi connectivity index (χ4n) is 2.53. The molecule has 2 rings (SSSR count). The van der Waals surface area contributed by atoms with E-state index in [2.05, 4.69) is 4.90 Å². The maximum atomic E-state index is 11.5. The number of carbonyl (C=O) groups is 1. The van der Waals surface area contributed by atoms with Gasteiger partial charge in [0, 0.05) is 6.54 Å². The van der Waals surface area contributed by atoms with Crippen LogP contribution in [0.5, 0.6) is 0 Å². The summed E-state index contributed by atoms with van der Waals surface area (Å²) in [6.45, 7) is 1.27. The third-order valence-corrected chi connectivity index (χ3v) is 3.37. The van der Waals surface area contributed by atoms with Gasteiger partial charge < -0.3 is 15.9 Å². The predicted octanol–water partition coefficient (Wildman–Crippen LogP) is 0.619. The highest BCUT2D eigenvalue weighted by Gasteiger charge is 2.33. The van der Waals surface area contributed by atoms with Crippen LogP contribution in [0.1, 0.15) is 31.1 Å². The Labute approximate surface area is 101 Å². The van der Waals surface area contributed by atoms with E-state index in [1.165, 1.54) is 0 Å². The standard InChI is InChI=1S/C12H19N3O2/c13-8-10(11-5-3-7-17-11)15-6-2-1-4-9(15)12(14)16/h3,5,7,9-10H,1-2,4,6,8,13H2,(H2,14,16). The van der Waals surface area contributed by atoms with E-state index in [1.807, 2.05) is 12.1 Å². The van der Waals surface area contributed by atoms with Crippen LogP contribution in [-0.4, -0.2) is 29.9 Å². The first kappa shape index (κ1) is 12.1. The van der Waals surface area contributed by atoms with E-state index < -0.39 is 0 Å². The number of primary amides is 1. The Morgan fingerprint density at radius 2 is 2.41 bits per heavy atom. The van der Waals surface area contributed by atoms with Crippen LogP contribution in [0.25, 0.3) is 0 Å². The van der Waals surface area contributed by atoms with Crippen LogP contribution in [0.2, 0.25) is 0 Å². The maximum absolute atomic E-state index is 11.5. The van der Waals surface area contributed by atoms with E-state index in [1.54, 1.807) is 6.26 Å². The van der Waals surface area contributed by atoms with E-state index in [0.29, 0.717) is 6.54 Å². The van der Waals surface area contributed by atoms with Crippen molar-refractivity contribution in [2.75, 3.05) is 13.1 Å². The first-order valence-electron chi connectivity index (χ1n) is 6.02. The number of carbonyl (C=O) groups excluding carboxylic acids is 1. The minimum atomic E-state index is -0.269. The third-order valence-electron chi connectivity index (χ3n) is 3.37. The van der Waals surface area contributed by atoms with E-state index in [9.17, 15) is 4.79 Å². The van der Waals surface area contributed by atoms with Crippen molar-refractivity contribution in [1.82, 2.24) is 4.90 Å². The number of amides is 1. The Morgan fingerprint density at radius 1 is 1.59 bits per heavy atom. The second-order valence-corrected chi connectivity index (χ2v) is 4.42. The van der Waals surface area contributed by atoms with Crippen LogP contribution in [0.15, 0.2) is 22.8 Å². The van der Waals surface area contributed by atoms with E-state index >= 15 is 0 Å². The Morgan fingerprint density at radius 3 is 3.00 bits per heavy atom. The predicted molar refractivity (Wildman–Crippen MR) is 64.0 cm³/mol. The zero-order chi connectivity index (χ0) is 12.3. The summed E-state index contributed by atoms with van der Waals surface area (Å²) in [5.41, 5.74) is 11.3. The zero-order valence-electron chi connectivity index (χ0n) is 9.84. The van der Waals surface area contributed by atoms with Crippen LogP contribution in [-0.2, 0) is 4.79 Å². The Hall–Kier alpha value is -1.33. The first-order valence-corrected chi connectivity index (χ1v) is 6.02.